The Kier molecular flexibility index (Phi) is 9.00. The zero-order chi connectivity index (χ0) is 26.4. The third kappa shape index (κ3) is 6.79. The number of nitrogens with zero attached hydrogens (tertiary/aromatic N) is 5. The molecule has 0 unspecified atom stereocenters. The van der Waals surface area contributed by atoms with E-state index in [0.717, 1.165) is 50.4 Å². The Hall–Kier alpha value is -3.50. The van der Waals surface area contributed by atoms with E-state index in [4.69, 9.17) is 5.73 Å². The first kappa shape index (κ1) is 27.1. The fourth-order valence-corrected chi connectivity index (χ4v) is 4.29. The average Bonchev–Trinajstić information content (AvgIpc) is 2.84. The number of nitrogen functional groups attached to an aromatic ring is 1. The average molecular weight is 497 g/mol. The number of non-ortho nitro benzene ring substituents is 1. The zero-order valence-corrected chi connectivity index (χ0v) is 21.6. The fraction of sp³-hybridized carbons (Fsp3) is 0.462. The topological polar surface area (TPSA) is 116 Å². The molecule has 2 fully saturated rings. The first-order chi connectivity index (χ1) is 17.1. The van der Waals surface area contributed by atoms with Gasteiger partial charge in [0.2, 0.25) is 0 Å². The fourth-order valence-electron chi connectivity index (χ4n) is 4.29. The highest BCUT2D eigenvalue weighted by atomic mass is 16.6. The molecular formula is C26H36N6O4. The molecule has 0 bridgehead atoms. The molecule has 0 saturated carbocycles. The van der Waals surface area contributed by atoms with Gasteiger partial charge in [-0.15, -0.1) is 0 Å². The van der Waals surface area contributed by atoms with Crippen molar-refractivity contribution in [1.29, 1.82) is 0 Å². The van der Waals surface area contributed by atoms with Gasteiger partial charge in [-0.3, -0.25) is 19.7 Å². The minimum atomic E-state index is -0.447. The van der Waals surface area contributed by atoms with Gasteiger partial charge in [-0.2, -0.15) is 0 Å². The maximum Gasteiger partial charge on any atom is 0.269 e. The van der Waals surface area contributed by atoms with E-state index in [1.807, 2.05) is 31.0 Å². The number of carbonyl (C=O) groups is 2. The molecule has 2 N–H and O–H groups in total. The monoisotopic (exact) mass is 496 g/mol. The lowest BCUT2D eigenvalue weighted by Gasteiger charge is -2.32. The summed E-state index contributed by atoms with van der Waals surface area (Å²) in [5, 5.41) is 10.7. The van der Waals surface area contributed by atoms with Gasteiger partial charge in [-0.05, 0) is 63.3 Å². The molecule has 2 aromatic rings. The van der Waals surface area contributed by atoms with E-state index < -0.39 is 4.92 Å². The zero-order valence-electron chi connectivity index (χ0n) is 21.6. The molecule has 0 aromatic heterocycles. The standard InChI is InChI=1S/C13H17N3O3.C13H19N3O/c1-10-9-11(16(18)19)3-4-12(10)13(17)15-7-5-14(2)6-8-15;1-10-9-11(14)3-4-12(10)13(17)16-7-5-15(2)6-8-16/h3-4,9H,5-8H2,1-2H3;3-4,9H,5-8,14H2,1-2H3. The van der Waals surface area contributed by atoms with E-state index in [1.54, 1.807) is 24.0 Å². The molecule has 0 aliphatic carbocycles. The predicted octanol–water partition coefficient (Wildman–Crippen LogP) is 2.26. The third-order valence-corrected chi connectivity index (χ3v) is 6.71. The number of nitrogens with two attached hydrogens (primary N) is 1. The van der Waals surface area contributed by atoms with Crippen LogP contribution >= 0.6 is 0 Å². The molecular weight excluding hydrogens is 460 g/mol. The van der Waals surface area contributed by atoms with Crippen molar-refractivity contribution in [3.8, 4) is 0 Å². The van der Waals surface area contributed by atoms with E-state index in [9.17, 15) is 19.7 Å². The van der Waals surface area contributed by atoms with Crippen molar-refractivity contribution in [3.05, 3.63) is 68.8 Å². The summed E-state index contributed by atoms with van der Waals surface area (Å²) in [5.41, 5.74) is 9.34. The maximum atomic E-state index is 12.3. The molecule has 10 nitrogen and oxygen atoms in total. The number of anilines is 1. The van der Waals surface area contributed by atoms with Gasteiger partial charge in [0.25, 0.3) is 17.5 Å². The molecule has 2 aromatic carbocycles. The van der Waals surface area contributed by atoms with Crippen molar-refractivity contribution in [1.82, 2.24) is 19.6 Å². The Morgan fingerprint density at radius 1 is 0.750 bits per heavy atom. The van der Waals surface area contributed by atoms with Crippen molar-refractivity contribution in [2.75, 3.05) is 72.2 Å². The normalized spacial score (nSPS) is 16.8. The summed E-state index contributed by atoms with van der Waals surface area (Å²) < 4.78 is 0. The second-order valence-electron chi connectivity index (χ2n) is 9.52. The smallest absolute Gasteiger partial charge is 0.269 e. The number of hydrogen-bond acceptors (Lipinski definition) is 7. The summed E-state index contributed by atoms with van der Waals surface area (Å²) in [6.07, 6.45) is 0. The number of aryl methyl sites for hydroxylation is 2. The van der Waals surface area contributed by atoms with Crippen LogP contribution in [0.2, 0.25) is 0 Å². The number of likely N-dealkylation sites (N-methyl/N-ethyl adjacent to an activating group) is 2. The number of rotatable bonds is 3. The van der Waals surface area contributed by atoms with Crippen LogP contribution in [0.4, 0.5) is 11.4 Å². The number of nitro groups is 1. The lowest BCUT2D eigenvalue weighted by atomic mass is 10.1. The number of benzene rings is 2. The van der Waals surface area contributed by atoms with Crippen LogP contribution in [-0.2, 0) is 0 Å². The Balaban J connectivity index is 0.000000202. The molecule has 2 aliphatic rings. The molecule has 2 amide bonds. The van der Waals surface area contributed by atoms with Gasteiger partial charge in [0.1, 0.15) is 0 Å². The van der Waals surface area contributed by atoms with E-state index in [2.05, 4.69) is 16.8 Å². The summed E-state index contributed by atoms with van der Waals surface area (Å²) in [6, 6.07) is 9.85. The third-order valence-electron chi connectivity index (χ3n) is 6.71. The van der Waals surface area contributed by atoms with Gasteiger partial charge < -0.3 is 25.3 Å². The van der Waals surface area contributed by atoms with Crippen LogP contribution in [0.15, 0.2) is 36.4 Å². The molecule has 0 atom stereocenters. The van der Waals surface area contributed by atoms with Crippen LogP contribution in [0.5, 0.6) is 0 Å². The minimum absolute atomic E-state index is 0.0208. The molecule has 2 heterocycles. The predicted molar refractivity (Wildman–Crippen MR) is 140 cm³/mol. The summed E-state index contributed by atoms with van der Waals surface area (Å²) in [7, 11) is 4.11. The molecule has 0 radical (unpaired) electrons. The van der Waals surface area contributed by atoms with Gasteiger partial charge in [0.05, 0.1) is 4.92 Å². The van der Waals surface area contributed by atoms with Crippen LogP contribution in [0.3, 0.4) is 0 Å². The highest BCUT2D eigenvalue weighted by molar-refractivity contribution is 5.96. The molecule has 4 rings (SSSR count). The second-order valence-corrected chi connectivity index (χ2v) is 9.52. The summed E-state index contributed by atoms with van der Waals surface area (Å²) in [4.78, 5) is 43.0. The van der Waals surface area contributed by atoms with Crippen molar-refractivity contribution >= 4 is 23.2 Å². The first-order valence-corrected chi connectivity index (χ1v) is 12.1. The lowest BCUT2D eigenvalue weighted by Crippen LogP contribution is -2.47. The molecule has 10 heteroatoms. The number of piperazine rings is 2. The molecule has 36 heavy (non-hydrogen) atoms. The summed E-state index contributed by atoms with van der Waals surface area (Å²) in [6.45, 7) is 10.3. The number of nitro benzene ring substituents is 1. The summed E-state index contributed by atoms with van der Waals surface area (Å²) >= 11 is 0. The van der Waals surface area contributed by atoms with Crippen molar-refractivity contribution in [2.24, 2.45) is 0 Å². The SMILES string of the molecule is Cc1cc(N)ccc1C(=O)N1CCN(C)CC1.Cc1cc([N+](=O)[O-])ccc1C(=O)N1CCN(C)CC1. The van der Waals surface area contributed by atoms with Crippen LogP contribution in [0.1, 0.15) is 31.8 Å². The maximum absolute atomic E-state index is 12.3. The Labute approximate surface area is 212 Å². The van der Waals surface area contributed by atoms with E-state index in [1.165, 1.54) is 12.1 Å². The molecule has 194 valence electrons. The van der Waals surface area contributed by atoms with Crippen molar-refractivity contribution in [2.45, 2.75) is 13.8 Å². The van der Waals surface area contributed by atoms with Crippen LogP contribution in [0.25, 0.3) is 0 Å². The largest absolute Gasteiger partial charge is 0.399 e. The molecule has 2 saturated heterocycles. The molecule has 0 spiro atoms. The first-order valence-electron chi connectivity index (χ1n) is 12.1. The van der Waals surface area contributed by atoms with Crippen molar-refractivity contribution in [3.63, 3.8) is 0 Å². The van der Waals surface area contributed by atoms with Crippen molar-refractivity contribution < 1.29 is 14.5 Å². The minimum Gasteiger partial charge on any atom is -0.399 e. The van der Waals surface area contributed by atoms with E-state index in [-0.39, 0.29) is 17.5 Å². The van der Waals surface area contributed by atoms with Gasteiger partial charge in [0, 0.05) is 81.3 Å². The lowest BCUT2D eigenvalue weighted by molar-refractivity contribution is -0.384. The van der Waals surface area contributed by atoms with Gasteiger partial charge in [0.15, 0.2) is 0 Å². The van der Waals surface area contributed by atoms with Crippen LogP contribution in [0, 0.1) is 24.0 Å². The highest BCUT2D eigenvalue weighted by Gasteiger charge is 2.23. The Morgan fingerprint density at radius 3 is 1.56 bits per heavy atom. The van der Waals surface area contributed by atoms with E-state index >= 15 is 0 Å². The van der Waals surface area contributed by atoms with Gasteiger partial charge in [-0.1, -0.05) is 0 Å². The van der Waals surface area contributed by atoms with Crippen LogP contribution in [-0.4, -0.2) is 103 Å². The quantitative estimate of drug-likeness (QED) is 0.394. The second kappa shape index (κ2) is 12.0. The number of amides is 2. The summed E-state index contributed by atoms with van der Waals surface area (Å²) in [5.74, 6) is 0.0797. The highest BCUT2D eigenvalue weighted by Crippen LogP contribution is 2.19. The number of carbonyl (C=O) groups excluding carboxylic acids is 2. The Morgan fingerprint density at radius 2 is 1.17 bits per heavy atom. The Bertz CT molecular complexity index is 1110. The van der Waals surface area contributed by atoms with E-state index in [0.29, 0.717) is 29.9 Å². The van der Waals surface area contributed by atoms with Gasteiger partial charge in [-0.25, -0.2) is 0 Å². The number of hydrogen-bond donors (Lipinski definition) is 1. The van der Waals surface area contributed by atoms with Gasteiger partial charge >= 0.3 is 0 Å². The molecule has 2 aliphatic heterocycles. The van der Waals surface area contributed by atoms with Crippen LogP contribution < -0.4 is 5.73 Å².